The van der Waals surface area contributed by atoms with Crippen LogP contribution in [0.15, 0.2) is 53.1 Å². The summed E-state index contributed by atoms with van der Waals surface area (Å²) in [5.41, 5.74) is 0.836. The number of likely N-dealkylation sites (tertiary alicyclic amines) is 1. The van der Waals surface area contributed by atoms with Gasteiger partial charge in [0, 0.05) is 35.6 Å². The number of fused-ring (bicyclic) bond motifs is 2. The number of amides is 1. The number of aromatic nitrogens is 1. The summed E-state index contributed by atoms with van der Waals surface area (Å²) in [5.74, 6) is -1.13. The number of carboxylic acid groups (broad SMARTS) is 1. The van der Waals surface area contributed by atoms with Gasteiger partial charge in [-0.15, -0.1) is 0 Å². The molecule has 2 aliphatic rings. The number of halogens is 1. The van der Waals surface area contributed by atoms with E-state index in [2.05, 4.69) is 20.9 Å². The van der Waals surface area contributed by atoms with Gasteiger partial charge in [-0.2, -0.15) is 0 Å². The summed E-state index contributed by atoms with van der Waals surface area (Å²) in [4.78, 5) is 30.5. The fourth-order valence-electron chi connectivity index (χ4n) is 4.91. The van der Waals surface area contributed by atoms with Crippen LogP contribution in [0.1, 0.15) is 30.5 Å². The van der Waals surface area contributed by atoms with E-state index in [0.717, 1.165) is 35.0 Å². The van der Waals surface area contributed by atoms with Crippen molar-refractivity contribution in [2.75, 3.05) is 19.7 Å². The lowest BCUT2D eigenvalue weighted by molar-refractivity contribution is -0.194. The van der Waals surface area contributed by atoms with Gasteiger partial charge in [0.25, 0.3) is 0 Å². The topological polar surface area (TPSA) is 89.0 Å². The maximum Gasteiger partial charge on any atom is 0.410 e. The maximum atomic E-state index is 12.8. The van der Waals surface area contributed by atoms with E-state index >= 15 is 0 Å². The predicted molar refractivity (Wildman–Crippen MR) is 116 cm³/mol. The van der Waals surface area contributed by atoms with E-state index in [1.165, 1.54) is 0 Å². The van der Waals surface area contributed by atoms with Gasteiger partial charge >= 0.3 is 12.1 Å². The second-order valence-electron chi connectivity index (χ2n) is 8.11. The average Bonchev–Trinajstić information content (AvgIpc) is 2.76. The molecule has 0 spiro atoms. The molecule has 1 saturated carbocycles. The molecule has 7 nitrogen and oxygen atoms in total. The molecule has 164 valence electrons. The fraction of sp³-hybridized carbons (Fsp3) is 0.435. The van der Waals surface area contributed by atoms with Crippen molar-refractivity contribution in [3.8, 4) is 0 Å². The second kappa shape index (κ2) is 9.36. The zero-order valence-electron chi connectivity index (χ0n) is 17.1. The molecule has 0 radical (unpaired) electrons. The first-order valence-electron chi connectivity index (χ1n) is 10.4. The number of aliphatic carboxylic acids is 1. The summed E-state index contributed by atoms with van der Waals surface area (Å²) in [7, 11) is 0. The largest absolute Gasteiger partial charge is 0.480 e. The molecule has 4 rings (SSSR count). The highest BCUT2D eigenvalue weighted by Crippen LogP contribution is 2.51. The Morgan fingerprint density at radius 3 is 2.45 bits per heavy atom. The van der Waals surface area contributed by atoms with Gasteiger partial charge in [0.15, 0.2) is 0 Å². The minimum absolute atomic E-state index is 0.0581. The molecule has 1 aliphatic carbocycles. The van der Waals surface area contributed by atoms with Gasteiger partial charge in [0.2, 0.25) is 0 Å². The van der Waals surface area contributed by atoms with Gasteiger partial charge in [-0.1, -0.05) is 36.8 Å². The molecular formula is C23H25BrN2O5. The monoisotopic (exact) mass is 488 g/mol. The third kappa shape index (κ3) is 4.60. The molecule has 1 aromatic carbocycles. The van der Waals surface area contributed by atoms with Crippen LogP contribution in [0.4, 0.5) is 4.79 Å². The van der Waals surface area contributed by atoms with E-state index in [9.17, 15) is 14.7 Å². The number of carboxylic acids is 1. The molecule has 1 saturated heterocycles. The summed E-state index contributed by atoms with van der Waals surface area (Å²) < 4.78 is 12.5. The van der Waals surface area contributed by atoms with Crippen molar-refractivity contribution in [3.63, 3.8) is 0 Å². The van der Waals surface area contributed by atoms with Crippen molar-refractivity contribution < 1.29 is 24.2 Å². The van der Waals surface area contributed by atoms with Crippen molar-refractivity contribution in [1.29, 1.82) is 0 Å². The number of hydrogen-bond donors (Lipinski definition) is 1. The number of nitrogens with zero attached hydrogens (tertiary/aromatic N) is 2. The van der Waals surface area contributed by atoms with Crippen LogP contribution < -0.4 is 0 Å². The molecular weight excluding hydrogens is 464 g/mol. The van der Waals surface area contributed by atoms with E-state index in [4.69, 9.17) is 9.47 Å². The molecule has 2 aromatic rings. The van der Waals surface area contributed by atoms with Crippen molar-refractivity contribution in [2.24, 2.45) is 11.8 Å². The molecule has 2 heterocycles. The molecule has 1 amide bonds. The zero-order valence-corrected chi connectivity index (χ0v) is 18.7. The molecule has 1 aliphatic heterocycles. The van der Waals surface area contributed by atoms with Crippen molar-refractivity contribution in [2.45, 2.75) is 31.5 Å². The number of carbonyl (C=O) groups excluding carboxylic acids is 1. The first kappa shape index (κ1) is 21.8. The van der Waals surface area contributed by atoms with Crippen LogP contribution in [-0.4, -0.2) is 46.7 Å². The zero-order chi connectivity index (χ0) is 21.8. The molecule has 8 heteroatoms. The minimum atomic E-state index is -1.01. The van der Waals surface area contributed by atoms with Crippen LogP contribution in [0.25, 0.3) is 0 Å². The molecule has 1 aromatic heterocycles. The highest BCUT2D eigenvalue weighted by molar-refractivity contribution is 9.10. The lowest BCUT2D eigenvalue weighted by Gasteiger charge is -2.54. The van der Waals surface area contributed by atoms with E-state index in [1.54, 1.807) is 11.1 Å². The number of pyridine rings is 1. The molecule has 2 fully saturated rings. The number of carbonyl (C=O) groups is 2. The van der Waals surface area contributed by atoms with E-state index in [0.29, 0.717) is 13.1 Å². The fourth-order valence-corrected chi connectivity index (χ4v) is 5.14. The van der Waals surface area contributed by atoms with Crippen LogP contribution in [0.2, 0.25) is 0 Å². The smallest absolute Gasteiger partial charge is 0.410 e. The Morgan fingerprint density at radius 1 is 1.13 bits per heavy atom. The number of rotatable bonds is 6. The quantitative estimate of drug-likeness (QED) is 0.654. The molecule has 2 atom stereocenters. The number of ether oxygens (including phenoxy) is 2. The van der Waals surface area contributed by atoms with Gasteiger partial charge < -0.3 is 19.5 Å². The average molecular weight is 489 g/mol. The van der Waals surface area contributed by atoms with Crippen molar-refractivity contribution >= 4 is 28.0 Å². The van der Waals surface area contributed by atoms with Crippen molar-refractivity contribution in [1.82, 2.24) is 9.88 Å². The van der Waals surface area contributed by atoms with Crippen LogP contribution in [0, 0.1) is 11.8 Å². The van der Waals surface area contributed by atoms with E-state index in [1.807, 2.05) is 42.5 Å². The highest BCUT2D eigenvalue weighted by Gasteiger charge is 2.55. The van der Waals surface area contributed by atoms with Crippen LogP contribution in [0.5, 0.6) is 0 Å². The van der Waals surface area contributed by atoms with Crippen LogP contribution in [-0.2, 0) is 26.5 Å². The molecule has 1 N–H and O–H groups in total. The van der Waals surface area contributed by atoms with Crippen molar-refractivity contribution in [3.05, 3.63) is 64.4 Å². The Balaban J connectivity index is 1.55. The second-order valence-corrected chi connectivity index (χ2v) is 9.02. The van der Waals surface area contributed by atoms with Crippen LogP contribution in [0.3, 0.4) is 0 Å². The maximum absolute atomic E-state index is 12.8. The third-order valence-corrected chi connectivity index (χ3v) is 6.69. The normalized spacial score (nSPS) is 25.1. The number of hydrogen-bond acceptors (Lipinski definition) is 5. The molecule has 31 heavy (non-hydrogen) atoms. The van der Waals surface area contributed by atoms with Crippen LogP contribution >= 0.6 is 15.9 Å². The van der Waals surface area contributed by atoms with Gasteiger partial charge in [0.05, 0.1) is 5.69 Å². The van der Waals surface area contributed by atoms with Gasteiger partial charge in [0.1, 0.15) is 18.8 Å². The summed E-state index contributed by atoms with van der Waals surface area (Å²) >= 11 is 3.41. The Hall–Kier alpha value is -2.45. The van der Waals surface area contributed by atoms with E-state index in [-0.39, 0.29) is 24.5 Å². The molecule has 2 bridgehead atoms. The number of benzene rings is 1. The summed E-state index contributed by atoms with van der Waals surface area (Å²) in [5, 5.41) is 9.29. The SMILES string of the molecule is O=C(O)COC1(c2ccc(Br)cn2)C2CCCC1CN(C(=O)OCc1ccccc1)C2. The molecule has 2 unspecified atom stereocenters. The van der Waals surface area contributed by atoms with Gasteiger partial charge in [-0.05, 0) is 46.5 Å². The summed E-state index contributed by atoms with van der Waals surface area (Å²) in [6.45, 7) is 0.715. The first-order valence-corrected chi connectivity index (χ1v) is 11.2. The Morgan fingerprint density at radius 2 is 1.84 bits per heavy atom. The summed E-state index contributed by atoms with van der Waals surface area (Å²) in [6, 6.07) is 13.4. The van der Waals surface area contributed by atoms with E-state index < -0.39 is 18.2 Å². The third-order valence-electron chi connectivity index (χ3n) is 6.23. The predicted octanol–water partition coefficient (Wildman–Crippen LogP) is 4.21. The van der Waals surface area contributed by atoms with Gasteiger partial charge in [-0.3, -0.25) is 4.98 Å². The lowest BCUT2D eigenvalue weighted by Crippen LogP contribution is -2.61. The Kier molecular flexibility index (Phi) is 6.57. The Bertz CT molecular complexity index is 907. The summed E-state index contributed by atoms with van der Waals surface area (Å²) in [6.07, 6.45) is 4.03. The number of piperidine rings is 1. The lowest BCUT2D eigenvalue weighted by atomic mass is 9.63. The minimum Gasteiger partial charge on any atom is -0.480 e. The standard InChI is InChI=1S/C23H25BrN2O5/c24-19-9-10-20(25-11-19)23(31-15-21(27)28)17-7-4-8-18(23)13-26(12-17)22(29)30-14-16-5-2-1-3-6-16/h1-3,5-6,9-11,17-18H,4,7-8,12-15H2,(H,27,28). The van der Waals surface area contributed by atoms with Gasteiger partial charge in [-0.25, -0.2) is 9.59 Å². The highest BCUT2D eigenvalue weighted by atomic mass is 79.9. The Labute approximate surface area is 189 Å². The first-order chi connectivity index (χ1) is 15.0.